The van der Waals surface area contributed by atoms with E-state index in [0.29, 0.717) is 5.92 Å². The number of aryl methyl sites for hydroxylation is 1. The first-order valence-corrected chi connectivity index (χ1v) is 5.18. The summed E-state index contributed by atoms with van der Waals surface area (Å²) in [4.78, 5) is 4.89. The van der Waals surface area contributed by atoms with E-state index in [9.17, 15) is 0 Å². The molecule has 0 aliphatic carbocycles. The van der Waals surface area contributed by atoms with Crippen molar-refractivity contribution in [2.45, 2.75) is 39.5 Å². The highest BCUT2D eigenvalue weighted by Gasteiger charge is 2.06. The van der Waals surface area contributed by atoms with Crippen molar-refractivity contribution >= 4 is 0 Å². The van der Waals surface area contributed by atoms with Crippen molar-refractivity contribution in [3.63, 3.8) is 0 Å². The maximum atomic E-state index is 5.25. The Morgan fingerprint density at radius 1 is 1.36 bits per heavy atom. The molecule has 1 aromatic rings. The minimum atomic E-state index is 0.513. The molecule has 0 unspecified atom stereocenters. The van der Waals surface area contributed by atoms with Gasteiger partial charge in [-0.2, -0.15) is 5.90 Å². The summed E-state index contributed by atoms with van der Waals surface area (Å²) in [6.45, 7) is 6.47. The maximum absolute atomic E-state index is 5.25. The summed E-state index contributed by atoms with van der Waals surface area (Å²) in [6, 6.07) is 6.30. The normalized spacial score (nSPS) is 10.6. The second-order valence-electron chi connectivity index (χ2n) is 3.89. The van der Waals surface area contributed by atoms with Crippen LogP contribution in [0.25, 0.3) is 0 Å². The Bertz CT molecular complexity index is 294. The van der Waals surface area contributed by atoms with E-state index >= 15 is 0 Å². The number of hydrogen-bond donors (Lipinski definition) is 1. The Morgan fingerprint density at radius 3 is 2.57 bits per heavy atom. The fraction of sp³-hybridized carbons (Fsp3) is 0.500. The number of nitrogens with two attached hydrogens (primary N) is 1. The Labute approximate surface area is 86.0 Å². The van der Waals surface area contributed by atoms with Gasteiger partial charge in [-0.25, -0.2) is 0 Å². The van der Waals surface area contributed by atoms with E-state index in [0.717, 1.165) is 18.6 Å². The van der Waals surface area contributed by atoms with Crippen LogP contribution in [0, 0.1) is 0 Å². The van der Waals surface area contributed by atoms with Gasteiger partial charge < -0.3 is 4.84 Å². The molecule has 0 spiro atoms. The molecule has 0 saturated carbocycles. The average Bonchev–Trinajstić information content (AvgIpc) is 2.18. The summed E-state index contributed by atoms with van der Waals surface area (Å²) >= 11 is 0. The van der Waals surface area contributed by atoms with Gasteiger partial charge in [0, 0.05) is 0 Å². The van der Waals surface area contributed by atoms with Crippen LogP contribution in [0.15, 0.2) is 18.2 Å². The van der Waals surface area contributed by atoms with Crippen molar-refractivity contribution in [1.29, 1.82) is 0 Å². The predicted octanol–water partition coefficient (Wildman–Crippen LogP) is 3.02. The molecule has 0 aromatic heterocycles. The molecule has 78 valence electrons. The zero-order chi connectivity index (χ0) is 10.6. The molecule has 0 aliphatic heterocycles. The number of benzene rings is 1. The SMILES string of the molecule is CCCc1ccc(C(C)C)cc1ON. The largest absolute Gasteiger partial charge is 0.411 e. The summed E-state index contributed by atoms with van der Waals surface area (Å²) in [5.41, 5.74) is 2.46. The van der Waals surface area contributed by atoms with Crippen molar-refractivity contribution in [3.8, 4) is 5.75 Å². The van der Waals surface area contributed by atoms with E-state index in [1.54, 1.807) is 0 Å². The molecule has 0 bridgehead atoms. The Morgan fingerprint density at radius 2 is 2.07 bits per heavy atom. The van der Waals surface area contributed by atoms with E-state index in [4.69, 9.17) is 10.7 Å². The molecule has 2 N–H and O–H groups in total. The molecular formula is C12H19NO. The fourth-order valence-electron chi connectivity index (χ4n) is 1.52. The van der Waals surface area contributed by atoms with Gasteiger partial charge in [0.25, 0.3) is 0 Å². The van der Waals surface area contributed by atoms with Crippen LogP contribution in [0.4, 0.5) is 0 Å². The van der Waals surface area contributed by atoms with Crippen LogP contribution < -0.4 is 10.7 Å². The highest BCUT2D eigenvalue weighted by molar-refractivity contribution is 5.38. The molecule has 0 atom stereocenters. The van der Waals surface area contributed by atoms with Gasteiger partial charge in [-0.3, -0.25) is 0 Å². The molecule has 14 heavy (non-hydrogen) atoms. The zero-order valence-electron chi connectivity index (χ0n) is 9.21. The van der Waals surface area contributed by atoms with Crippen LogP contribution in [0.5, 0.6) is 5.75 Å². The maximum Gasteiger partial charge on any atom is 0.150 e. The quantitative estimate of drug-likeness (QED) is 0.746. The second kappa shape index (κ2) is 5.01. The minimum absolute atomic E-state index is 0.513. The van der Waals surface area contributed by atoms with E-state index < -0.39 is 0 Å². The molecule has 0 saturated heterocycles. The van der Waals surface area contributed by atoms with Gasteiger partial charge in [0.05, 0.1) is 0 Å². The molecule has 0 amide bonds. The molecular weight excluding hydrogens is 174 g/mol. The fourth-order valence-corrected chi connectivity index (χ4v) is 1.52. The number of rotatable bonds is 4. The van der Waals surface area contributed by atoms with Crippen LogP contribution in [-0.2, 0) is 6.42 Å². The predicted molar refractivity (Wildman–Crippen MR) is 59.3 cm³/mol. The molecule has 0 heterocycles. The van der Waals surface area contributed by atoms with E-state index in [1.807, 2.05) is 6.07 Å². The summed E-state index contributed by atoms with van der Waals surface area (Å²) in [6.07, 6.45) is 2.13. The molecule has 1 rings (SSSR count). The van der Waals surface area contributed by atoms with Crippen molar-refractivity contribution in [2.24, 2.45) is 5.90 Å². The lowest BCUT2D eigenvalue weighted by Gasteiger charge is -2.11. The average molecular weight is 193 g/mol. The summed E-state index contributed by atoms with van der Waals surface area (Å²) in [7, 11) is 0. The standard InChI is InChI=1S/C12H19NO/c1-4-5-10-6-7-11(9(2)3)8-12(10)14-13/h6-9H,4-5,13H2,1-3H3. The first kappa shape index (κ1) is 11.1. The lowest BCUT2D eigenvalue weighted by atomic mass is 9.99. The first-order chi connectivity index (χ1) is 6.69. The van der Waals surface area contributed by atoms with E-state index in [-0.39, 0.29) is 0 Å². The topological polar surface area (TPSA) is 35.2 Å². The van der Waals surface area contributed by atoms with Crippen molar-refractivity contribution < 1.29 is 4.84 Å². The van der Waals surface area contributed by atoms with Crippen molar-refractivity contribution in [2.75, 3.05) is 0 Å². The van der Waals surface area contributed by atoms with Gasteiger partial charge in [0.1, 0.15) is 5.75 Å². The third-order valence-corrected chi connectivity index (χ3v) is 2.40. The molecule has 0 aliphatic rings. The second-order valence-corrected chi connectivity index (χ2v) is 3.89. The summed E-state index contributed by atoms with van der Waals surface area (Å²) in [5.74, 6) is 6.58. The molecule has 2 nitrogen and oxygen atoms in total. The van der Waals surface area contributed by atoms with Gasteiger partial charge in [0.15, 0.2) is 0 Å². The van der Waals surface area contributed by atoms with E-state index in [1.165, 1.54) is 11.1 Å². The molecule has 0 radical (unpaired) electrons. The van der Waals surface area contributed by atoms with Crippen LogP contribution in [-0.4, -0.2) is 0 Å². The monoisotopic (exact) mass is 193 g/mol. The van der Waals surface area contributed by atoms with Gasteiger partial charge in [-0.05, 0) is 29.5 Å². The van der Waals surface area contributed by atoms with E-state index in [2.05, 4.69) is 32.9 Å². The minimum Gasteiger partial charge on any atom is -0.411 e. The highest BCUT2D eigenvalue weighted by Crippen LogP contribution is 2.25. The highest BCUT2D eigenvalue weighted by atomic mass is 16.6. The Hall–Kier alpha value is -1.02. The third-order valence-electron chi connectivity index (χ3n) is 2.40. The van der Waals surface area contributed by atoms with Crippen molar-refractivity contribution in [1.82, 2.24) is 0 Å². The van der Waals surface area contributed by atoms with Gasteiger partial charge >= 0.3 is 0 Å². The van der Waals surface area contributed by atoms with Crippen LogP contribution in [0.3, 0.4) is 0 Å². The Balaban J connectivity index is 2.98. The van der Waals surface area contributed by atoms with Gasteiger partial charge in [-0.15, -0.1) is 0 Å². The summed E-state index contributed by atoms with van der Waals surface area (Å²) in [5, 5.41) is 0. The zero-order valence-corrected chi connectivity index (χ0v) is 9.21. The van der Waals surface area contributed by atoms with Gasteiger partial charge in [-0.1, -0.05) is 39.3 Å². The van der Waals surface area contributed by atoms with Crippen molar-refractivity contribution in [3.05, 3.63) is 29.3 Å². The Kier molecular flexibility index (Phi) is 3.96. The summed E-state index contributed by atoms with van der Waals surface area (Å²) < 4.78 is 0. The first-order valence-electron chi connectivity index (χ1n) is 5.18. The molecule has 2 heteroatoms. The lowest BCUT2D eigenvalue weighted by Crippen LogP contribution is -2.05. The van der Waals surface area contributed by atoms with Crippen LogP contribution in [0.2, 0.25) is 0 Å². The lowest BCUT2D eigenvalue weighted by molar-refractivity contribution is 0.330. The smallest absolute Gasteiger partial charge is 0.150 e. The number of hydrogen-bond acceptors (Lipinski definition) is 2. The van der Waals surface area contributed by atoms with Crippen LogP contribution >= 0.6 is 0 Å². The van der Waals surface area contributed by atoms with Crippen LogP contribution in [0.1, 0.15) is 44.2 Å². The molecule has 1 aromatic carbocycles. The molecule has 0 fully saturated rings. The van der Waals surface area contributed by atoms with Gasteiger partial charge in [0.2, 0.25) is 0 Å². The third kappa shape index (κ3) is 2.48.